The number of nitrogens with zero attached hydrogens (tertiary/aromatic N) is 2. The van der Waals surface area contributed by atoms with Crippen LogP contribution in [0.5, 0.6) is 11.5 Å². The number of carbonyl (C=O) groups excluding carboxylic acids is 2. The first kappa shape index (κ1) is 25.1. The summed E-state index contributed by atoms with van der Waals surface area (Å²) in [5.74, 6) is 0.638. The third-order valence-corrected chi connectivity index (χ3v) is 7.01. The lowest BCUT2D eigenvalue weighted by molar-refractivity contribution is -0.139. The number of benzene rings is 1. The molecular weight excluding hydrogens is 470 g/mol. The summed E-state index contributed by atoms with van der Waals surface area (Å²) in [5, 5.41) is 5.57. The zero-order valence-electron chi connectivity index (χ0n) is 20.5. The molecule has 4 rings (SSSR count). The molecule has 1 amide bonds. The largest absolute Gasteiger partial charge is 0.497 e. The Morgan fingerprint density at radius 2 is 2.11 bits per heavy atom. The van der Waals surface area contributed by atoms with E-state index in [0.29, 0.717) is 34.5 Å². The molecule has 3 heterocycles. The number of rotatable bonds is 9. The smallest absolute Gasteiger partial charge is 0.338 e. The fraction of sp³-hybridized carbons (Fsp3) is 0.480. The minimum atomic E-state index is -0.598. The number of fused-ring (bicyclic) bond motifs is 1. The van der Waals surface area contributed by atoms with E-state index in [9.17, 15) is 9.59 Å². The van der Waals surface area contributed by atoms with Gasteiger partial charge in [0, 0.05) is 24.4 Å². The molecule has 35 heavy (non-hydrogen) atoms. The molecule has 188 valence electrons. The summed E-state index contributed by atoms with van der Waals surface area (Å²) in [6.45, 7) is 5.02. The summed E-state index contributed by atoms with van der Waals surface area (Å²) in [4.78, 5) is 32.6. The van der Waals surface area contributed by atoms with E-state index in [0.717, 1.165) is 30.7 Å². The number of amidine groups is 1. The molecule has 1 aromatic rings. The molecule has 1 fully saturated rings. The highest BCUT2D eigenvalue weighted by Gasteiger charge is 2.42. The predicted octanol–water partition coefficient (Wildman–Crippen LogP) is 3.53. The SMILES string of the molecule is CCOC(=O)C1=C(C)N=C2SC=C(CC(=O)NC[C@H]3CCCO3)N2[C@H]1c1cc(OC)ccc1OC. The number of ether oxygens (including phenoxy) is 4. The van der Waals surface area contributed by atoms with Crippen molar-refractivity contribution in [2.75, 3.05) is 34.0 Å². The fourth-order valence-electron chi connectivity index (χ4n) is 4.45. The number of amides is 1. The van der Waals surface area contributed by atoms with Crippen LogP contribution in [0.4, 0.5) is 0 Å². The highest BCUT2D eigenvalue weighted by molar-refractivity contribution is 8.16. The van der Waals surface area contributed by atoms with E-state index in [1.165, 1.54) is 11.8 Å². The third kappa shape index (κ3) is 5.33. The molecule has 9 nitrogen and oxygen atoms in total. The Kier molecular flexibility index (Phi) is 8.02. The number of hydrogen-bond donors (Lipinski definition) is 1. The maximum absolute atomic E-state index is 13.1. The fourth-order valence-corrected chi connectivity index (χ4v) is 5.41. The highest BCUT2D eigenvalue weighted by atomic mass is 32.2. The van der Waals surface area contributed by atoms with Gasteiger partial charge in [-0.3, -0.25) is 4.79 Å². The Morgan fingerprint density at radius 1 is 1.29 bits per heavy atom. The average molecular weight is 502 g/mol. The van der Waals surface area contributed by atoms with E-state index in [4.69, 9.17) is 18.9 Å². The normalized spacial score (nSPS) is 21.3. The van der Waals surface area contributed by atoms with Crippen LogP contribution < -0.4 is 14.8 Å². The topological polar surface area (TPSA) is 98.7 Å². The lowest BCUT2D eigenvalue weighted by Crippen LogP contribution is -2.39. The Labute approximate surface area is 209 Å². The highest BCUT2D eigenvalue weighted by Crippen LogP contribution is 2.47. The van der Waals surface area contributed by atoms with Crippen LogP contribution in [-0.4, -0.2) is 62.0 Å². The van der Waals surface area contributed by atoms with Crippen molar-refractivity contribution in [2.24, 2.45) is 4.99 Å². The molecule has 3 aliphatic rings. The van der Waals surface area contributed by atoms with Gasteiger partial charge in [-0.05, 0) is 50.3 Å². The molecule has 0 unspecified atom stereocenters. The molecule has 0 radical (unpaired) electrons. The molecule has 3 aliphatic heterocycles. The lowest BCUT2D eigenvalue weighted by Gasteiger charge is -2.36. The van der Waals surface area contributed by atoms with Gasteiger partial charge in [0.15, 0.2) is 5.17 Å². The number of nitrogens with one attached hydrogen (secondary N) is 1. The zero-order valence-corrected chi connectivity index (χ0v) is 21.3. The summed E-state index contributed by atoms with van der Waals surface area (Å²) in [7, 11) is 3.17. The number of thioether (sulfide) groups is 1. The Balaban J connectivity index is 1.68. The molecule has 10 heteroatoms. The van der Waals surface area contributed by atoms with Crippen molar-refractivity contribution in [3.8, 4) is 11.5 Å². The summed E-state index contributed by atoms with van der Waals surface area (Å²) in [6.07, 6.45) is 2.17. The summed E-state index contributed by atoms with van der Waals surface area (Å²) in [6, 6.07) is 4.85. The minimum absolute atomic E-state index is 0.0628. The maximum atomic E-state index is 13.1. The Hall–Kier alpha value is -2.98. The molecule has 1 N–H and O–H groups in total. The summed E-state index contributed by atoms with van der Waals surface area (Å²) in [5.41, 5.74) is 2.42. The van der Waals surface area contributed by atoms with Crippen molar-refractivity contribution < 1.29 is 28.5 Å². The van der Waals surface area contributed by atoms with Crippen molar-refractivity contribution in [2.45, 2.75) is 45.3 Å². The van der Waals surface area contributed by atoms with Gasteiger partial charge in [0.1, 0.15) is 11.5 Å². The van der Waals surface area contributed by atoms with Gasteiger partial charge < -0.3 is 29.2 Å². The van der Waals surface area contributed by atoms with Crippen LogP contribution in [-0.2, 0) is 19.1 Å². The monoisotopic (exact) mass is 501 g/mol. The van der Waals surface area contributed by atoms with Crippen molar-refractivity contribution in [1.29, 1.82) is 0 Å². The first-order valence-corrected chi connectivity index (χ1v) is 12.6. The molecule has 0 spiro atoms. The van der Waals surface area contributed by atoms with Crippen molar-refractivity contribution in [3.63, 3.8) is 0 Å². The standard InChI is InChI=1S/C25H31N3O6S/c1-5-33-24(30)22-15(2)27-25-28(23(22)19-12-17(31-3)8-9-20(19)32-4)16(14-35-25)11-21(29)26-13-18-7-6-10-34-18/h8-9,12,14,18,23H,5-7,10-11,13H2,1-4H3,(H,26,29)/t18-,23+/m1/s1. The van der Waals surface area contributed by atoms with E-state index in [-0.39, 0.29) is 25.0 Å². The van der Waals surface area contributed by atoms with Gasteiger partial charge in [0.25, 0.3) is 0 Å². The van der Waals surface area contributed by atoms with E-state index in [1.807, 2.05) is 16.4 Å². The number of allylic oxidation sites excluding steroid dienone is 1. The number of methoxy groups -OCH3 is 2. The summed E-state index contributed by atoms with van der Waals surface area (Å²) >= 11 is 1.42. The van der Waals surface area contributed by atoms with Gasteiger partial charge in [-0.25, -0.2) is 9.79 Å². The second-order valence-corrected chi connectivity index (χ2v) is 9.17. The predicted molar refractivity (Wildman–Crippen MR) is 133 cm³/mol. The minimum Gasteiger partial charge on any atom is -0.497 e. The van der Waals surface area contributed by atoms with Crippen LogP contribution in [0.1, 0.15) is 44.7 Å². The lowest BCUT2D eigenvalue weighted by atomic mass is 9.92. The molecule has 0 bridgehead atoms. The van der Waals surface area contributed by atoms with Crippen LogP contribution in [0.25, 0.3) is 0 Å². The quantitative estimate of drug-likeness (QED) is 0.513. The maximum Gasteiger partial charge on any atom is 0.338 e. The van der Waals surface area contributed by atoms with Gasteiger partial charge >= 0.3 is 5.97 Å². The van der Waals surface area contributed by atoms with Crippen molar-refractivity contribution in [1.82, 2.24) is 10.2 Å². The molecule has 1 saturated heterocycles. The average Bonchev–Trinajstić information content (AvgIpc) is 3.51. The van der Waals surface area contributed by atoms with E-state index >= 15 is 0 Å². The molecular formula is C25H31N3O6S. The van der Waals surface area contributed by atoms with Gasteiger partial charge in [0.2, 0.25) is 5.91 Å². The van der Waals surface area contributed by atoms with Crippen LogP contribution >= 0.6 is 11.8 Å². The Bertz CT molecular complexity index is 1080. The molecule has 2 atom stereocenters. The zero-order chi connectivity index (χ0) is 24.9. The van der Waals surface area contributed by atoms with Crippen LogP contribution in [0.3, 0.4) is 0 Å². The molecule has 0 aromatic heterocycles. The van der Waals surface area contributed by atoms with E-state index in [2.05, 4.69) is 10.3 Å². The van der Waals surface area contributed by atoms with Gasteiger partial charge in [0.05, 0.1) is 50.7 Å². The Morgan fingerprint density at radius 3 is 2.80 bits per heavy atom. The van der Waals surface area contributed by atoms with Crippen molar-refractivity contribution in [3.05, 3.63) is 46.1 Å². The van der Waals surface area contributed by atoms with Crippen LogP contribution in [0.2, 0.25) is 0 Å². The number of hydrogen-bond acceptors (Lipinski definition) is 9. The first-order valence-electron chi connectivity index (χ1n) is 11.7. The second-order valence-electron chi connectivity index (χ2n) is 8.34. The second kappa shape index (κ2) is 11.2. The van der Waals surface area contributed by atoms with Crippen molar-refractivity contribution >= 4 is 28.8 Å². The first-order chi connectivity index (χ1) is 17.0. The summed E-state index contributed by atoms with van der Waals surface area (Å²) < 4.78 is 22.2. The molecule has 1 aromatic carbocycles. The third-order valence-electron chi connectivity index (χ3n) is 6.12. The van der Waals surface area contributed by atoms with Crippen LogP contribution in [0, 0.1) is 0 Å². The number of aliphatic imine (C=N–C) groups is 1. The van der Waals surface area contributed by atoms with Gasteiger partial charge in [-0.1, -0.05) is 11.8 Å². The van der Waals surface area contributed by atoms with Gasteiger partial charge in [-0.2, -0.15) is 0 Å². The van der Waals surface area contributed by atoms with Crippen LogP contribution in [0.15, 0.2) is 45.6 Å². The number of esters is 1. The van der Waals surface area contributed by atoms with Gasteiger partial charge in [-0.15, -0.1) is 0 Å². The van der Waals surface area contributed by atoms with E-state index in [1.54, 1.807) is 40.2 Å². The molecule has 0 aliphatic carbocycles. The molecule has 0 saturated carbocycles. The number of carbonyl (C=O) groups is 2. The van der Waals surface area contributed by atoms with E-state index < -0.39 is 12.0 Å².